The summed E-state index contributed by atoms with van der Waals surface area (Å²) in [7, 11) is 0. The van der Waals surface area contributed by atoms with Gasteiger partial charge in [0.1, 0.15) is 6.10 Å². The molecule has 2 aliphatic rings. The number of amides is 2. The SMILES string of the molecule is CCNC(=O)C[C@H]1C=C[C@H](NC(=O)C2CCOCC2)[C@H](CO)O1. The van der Waals surface area contributed by atoms with Crippen molar-refractivity contribution in [1.29, 1.82) is 0 Å². The predicted molar refractivity (Wildman–Crippen MR) is 83.7 cm³/mol. The van der Waals surface area contributed by atoms with E-state index in [0.717, 1.165) is 0 Å². The molecule has 0 bridgehead atoms. The minimum absolute atomic E-state index is 0.0350. The third kappa shape index (κ3) is 5.30. The van der Waals surface area contributed by atoms with Crippen LogP contribution in [-0.4, -0.2) is 61.5 Å². The van der Waals surface area contributed by atoms with Crippen molar-refractivity contribution in [2.75, 3.05) is 26.4 Å². The molecule has 3 atom stereocenters. The minimum atomic E-state index is -0.539. The molecule has 2 rings (SSSR count). The van der Waals surface area contributed by atoms with Gasteiger partial charge in [-0.25, -0.2) is 0 Å². The summed E-state index contributed by atoms with van der Waals surface area (Å²) in [6.07, 6.45) is 4.31. The zero-order valence-electron chi connectivity index (χ0n) is 13.5. The Hall–Kier alpha value is -1.44. The highest BCUT2D eigenvalue weighted by atomic mass is 16.5. The van der Waals surface area contributed by atoms with E-state index in [9.17, 15) is 14.7 Å². The van der Waals surface area contributed by atoms with E-state index in [-0.39, 0.29) is 42.9 Å². The number of rotatable bonds is 6. The second-order valence-electron chi connectivity index (χ2n) is 5.86. The second kappa shape index (κ2) is 9.00. The van der Waals surface area contributed by atoms with Gasteiger partial charge in [-0.1, -0.05) is 12.2 Å². The van der Waals surface area contributed by atoms with Crippen molar-refractivity contribution in [3.8, 4) is 0 Å². The smallest absolute Gasteiger partial charge is 0.223 e. The molecule has 2 amide bonds. The first-order chi connectivity index (χ1) is 11.1. The normalized spacial score (nSPS) is 28.3. The third-order valence-corrected chi connectivity index (χ3v) is 4.12. The molecule has 0 aromatic heterocycles. The quantitative estimate of drug-likeness (QED) is 0.584. The number of nitrogens with one attached hydrogen (secondary N) is 2. The Morgan fingerprint density at radius 2 is 2.00 bits per heavy atom. The highest BCUT2D eigenvalue weighted by Crippen LogP contribution is 2.19. The van der Waals surface area contributed by atoms with Gasteiger partial charge in [-0.2, -0.15) is 0 Å². The highest BCUT2D eigenvalue weighted by Gasteiger charge is 2.31. The van der Waals surface area contributed by atoms with Crippen molar-refractivity contribution in [3.05, 3.63) is 12.2 Å². The average molecular weight is 326 g/mol. The number of aliphatic hydroxyl groups is 1. The Morgan fingerprint density at radius 3 is 2.65 bits per heavy atom. The Kier molecular flexibility index (Phi) is 7.01. The summed E-state index contributed by atoms with van der Waals surface area (Å²) in [5.74, 6) is -0.180. The minimum Gasteiger partial charge on any atom is -0.394 e. The summed E-state index contributed by atoms with van der Waals surface area (Å²) in [5.41, 5.74) is 0. The van der Waals surface area contributed by atoms with Crippen LogP contribution in [0.3, 0.4) is 0 Å². The van der Waals surface area contributed by atoms with Gasteiger partial charge in [0, 0.05) is 25.7 Å². The van der Waals surface area contributed by atoms with Gasteiger partial charge in [-0.05, 0) is 19.8 Å². The molecule has 7 nitrogen and oxygen atoms in total. The van der Waals surface area contributed by atoms with Crippen LogP contribution in [0, 0.1) is 5.92 Å². The number of carbonyl (C=O) groups excluding carboxylic acids is 2. The number of hydrogen-bond acceptors (Lipinski definition) is 5. The summed E-state index contributed by atoms with van der Waals surface area (Å²) in [5, 5.41) is 15.1. The molecule has 130 valence electrons. The van der Waals surface area contributed by atoms with Crippen LogP contribution in [0.2, 0.25) is 0 Å². The molecule has 0 radical (unpaired) electrons. The third-order valence-electron chi connectivity index (χ3n) is 4.12. The second-order valence-corrected chi connectivity index (χ2v) is 5.86. The number of aliphatic hydroxyl groups excluding tert-OH is 1. The van der Waals surface area contributed by atoms with Gasteiger partial charge in [0.05, 0.1) is 25.2 Å². The Morgan fingerprint density at radius 1 is 1.26 bits per heavy atom. The number of ether oxygens (including phenoxy) is 2. The van der Waals surface area contributed by atoms with E-state index in [1.165, 1.54) is 0 Å². The van der Waals surface area contributed by atoms with E-state index in [0.29, 0.717) is 32.6 Å². The van der Waals surface area contributed by atoms with E-state index in [1.54, 1.807) is 6.08 Å². The molecule has 2 heterocycles. The van der Waals surface area contributed by atoms with Crippen molar-refractivity contribution in [3.63, 3.8) is 0 Å². The molecule has 23 heavy (non-hydrogen) atoms. The summed E-state index contributed by atoms with van der Waals surface area (Å²) < 4.78 is 11.0. The lowest BCUT2D eigenvalue weighted by Crippen LogP contribution is -2.50. The maximum Gasteiger partial charge on any atom is 0.223 e. The Bertz CT molecular complexity index is 434. The Labute approximate surface area is 136 Å². The lowest BCUT2D eigenvalue weighted by Gasteiger charge is -2.33. The van der Waals surface area contributed by atoms with Crippen molar-refractivity contribution in [1.82, 2.24) is 10.6 Å². The van der Waals surface area contributed by atoms with E-state index < -0.39 is 6.10 Å². The van der Waals surface area contributed by atoms with Gasteiger partial charge >= 0.3 is 0 Å². The highest BCUT2D eigenvalue weighted by molar-refractivity contribution is 5.79. The van der Waals surface area contributed by atoms with Crippen LogP contribution in [-0.2, 0) is 19.1 Å². The zero-order chi connectivity index (χ0) is 16.7. The predicted octanol–water partition coefficient (Wildman–Crippen LogP) is -0.260. The summed E-state index contributed by atoms with van der Waals surface area (Å²) in [6.45, 7) is 3.42. The summed E-state index contributed by atoms with van der Waals surface area (Å²) in [4.78, 5) is 23.9. The largest absolute Gasteiger partial charge is 0.394 e. The van der Waals surface area contributed by atoms with Gasteiger partial charge in [0.25, 0.3) is 0 Å². The molecule has 0 aromatic rings. The maximum atomic E-state index is 12.3. The van der Waals surface area contributed by atoms with Crippen molar-refractivity contribution < 1.29 is 24.2 Å². The van der Waals surface area contributed by atoms with Crippen LogP contribution in [0.15, 0.2) is 12.2 Å². The van der Waals surface area contributed by atoms with Gasteiger partial charge in [-0.3, -0.25) is 9.59 Å². The first-order valence-corrected chi connectivity index (χ1v) is 8.23. The number of hydrogen-bond donors (Lipinski definition) is 3. The Balaban J connectivity index is 1.88. The molecule has 7 heteroatoms. The van der Waals surface area contributed by atoms with E-state index in [4.69, 9.17) is 9.47 Å². The summed E-state index contributed by atoms with van der Waals surface area (Å²) in [6, 6.07) is -0.374. The molecule has 0 saturated carbocycles. The molecule has 0 spiro atoms. The van der Waals surface area contributed by atoms with Gasteiger partial charge in [0.2, 0.25) is 11.8 Å². The lowest BCUT2D eigenvalue weighted by atomic mass is 9.97. The van der Waals surface area contributed by atoms with E-state index in [2.05, 4.69) is 10.6 Å². The molecule has 1 saturated heterocycles. The molecule has 2 aliphatic heterocycles. The molecule has 0 aliphatic carbocycles. The van der Waals surface area contributed by atoms with Gasteiger partial charge in [0.15, 0.2) is 0 Å². The molecule has 3 N–H and O–H groups in total. The van der Waals surface area contributed by atoms with Crippen LogP contribution in [0.5, 0.6) is 0 Å². The van der Waals surface area contributed by atoms with E-state index in [1.807, 2.05) is 13.0 Å². The maximum absolute atomic E-state index is 12.3. The topological polar surface area (TPSA) is 96.9 Å². The van der Waals surface area contributed by atoms with Crippen LogP contribution in [0.1, 0.15) is 26.2 Å². The van der Waals surface area contributed by atoms with E-state index >= 15 is 0 Å². The first-order valence-electron chi connectivity index (χ1n) is 8.23. The zero-order valence-corrected chi connectivity index (χ0v) is 13.5. The van der Waals surface area contributed by atoms with Crippen LogP contribution >= 0.6 is 0 Å². The monoisotopic (exact) mass is 326 g/mol. The van der Waals surface area contributed by atoms with Crippen LogP contribution in [0.4, 0.5) is 0 Å². The molecule has 1 fully saturated rings. The summed E-state index contributed by atoms with van der Waals surface area (Å²) >= 11 is 0. The fourth-order valence-corrected chi connectivity index (χ4v) is 2.83. The van der Waals surface area contributed by atoms with Crippen LogP contribution < -0.4 is 10.6 Å². The number of carbonyl (C=O) groups is 2. The molecular weight excluding hydrogens is 300 g/mol. The first kappa shape index (κ1) is 17.9. The molecule has 0 unspecified atom stereocenters. The fourth-order valence-electron chi connectivity index (χ4n) is 2.83. The van der Waals surface area contributed by atoms with Gasteiger partial charge < -0.3 is 25.2 Å². The van der Waals surface area contributed by atoms with Crippen LogP contribution in [0.25, 0.3) is 0 Å². The molecular formula is C16H26N2O5. The fraction of sp³-hybridized carbons (Fsp3) is 0.750. The van der Waals surface area contributed by atoms with Gasteiger partial charge in [-0.15, -0.1) is 0 Å². The van der Waals surface area contributed by atoms with Crippen molar-refractivity contribution in [2.24, 2.45) is 5.92 Å². The standard InChI is InChI=1S/C16H26N2O5/c1-2-17-15(20)9-12-3-4-13(14(10-19)23-12)18-16(21)11-5-7-22-8-6-11/h3-4,11-14,19H,2,5-10H2,1H3,(H,17,20)(H,18,21)/t12-,13+,14+/m1/s1. The molecule has 0 aromatic carbocycles. The average Bonchev–Trinajstić information content (AvgIpc) is 2.57. The van der Waals surface area contributed by atoms with Crippen molar-refractivity contribution >= 4 is 11.8 Å². The van der Waals surface area contributed by atoms with Crippen molar-refractivity contribution in [2.45, 2.75) is 44.4 Å². The lowest BCUT2D eigenvalue weighted by molar-refractivity contribution is -0.132.